The summed E-state index contributed by atoms with van der Waals surface area (Å²) in [5.41, 5.74) is 4.35. The van der Waals surface area contributed by atoms with Crippen molar-refractivity contribution in [1.82, 2.24) is 20.2 Å². The third-order valence-corrected chi connectivity index (χ3v) is 4.97. The molecule has 7 heteroatoms. The molecule has 3 aromatic rings. The van der Waals surface area contributed by atoms with E-state index in [0.717, 1.165) is 22.6 Å². The lowest BCUT2D eigenvalue weighted by Crippen LogP contribution is -2.20. The summed E-state index contributed by atoms with van der Waals surface area (Å²) in [6.07, 6.45) is -0.620. The van der Waals surface area contributed by atoms with E-state index in [1.54, 1.807) is 4.68 Å². The zero-order valence-electron chi connectivity index (χ0n) is 15.1. The molecule has 0 fully saturated rings. The quantitative estimate of drug-likeness (QED) is 0.644. The van der Waals surface area contributed by atoms with Crippen molar-refractivity contribution in [2.24, 2.45) is 0 Å². The van der Waals surface area contributed by atoms with Crippen molar-refractivity contribution in [3.05, 3.63) is 59.2 Å². The molecule has 0 saturated carbocycles. The summed E-state index contributed by atoms with van der Waals surface area (Å²) in [6.45, 7) is 6.30. The molecule has 3 rings (SSSR count). The fourth-order valence-corrected chi connectivity index (χ4v) is 3.20. The van der Waals surface area contributed by atoms with Gasteiger partial charge in [0.25, 0.3) is 0 Å². The molecule has 136 valence electrons. The number of thioether (sulfide) groups is 1. The molecule has 0 radical (unpaired) electrons. The van der Waals surface area contributed by atoms with Crippen LogP contribution in [0, 0.1) is 20.8 Å². The van der Waals surface area contributed by atoms with Crippen molar-refractivity contribution in [1.29, 1.82) is 0 Å². The highest BCUT2D eigenvalue weighted by atomic mass is 32.2. The van der Waals surface area contributed by atoms with Gasteiger partial charge in [0, 0.05) is 5.75 Å². The molecule has 0 saturated heterocycles. The Labute approximate surface area is 157 Å². The van der Waals surface area contributed by atoms with Gasteiger partial charge in [-0.1, -0.05) is 41.6 Å². The van der Waals surface area contributed by atoms with E-state index in [2.05, 4.69) is 21.6 Å². The highest BCUT2D eigenvalue weighted by Crippen LogP contribution is 2.22. The van der Waals surface area contributed by atoms with Crippen molar-refractivity contribution < 1.29 is 9.84 Å². The predicted octanol–water partition coefficient (Wildman–Crippen LogP) is 3.12. The van der Waals surface area contributed by atoms with Crippen LogP contribution >= 0.6 is 11.8 Å². The second kappa shape index (κ2) is 8.33. The molecule has 1 heterocycles. The van der Waals surface area contributed by atoms with Gasteiger partial charge in [0.1, 0.15) is 12.4 Å². The Bertz CT molecular complexity index is 864. The van der Waals surface area contributed by atoms with Gasteiger partial charge < -0.3 is 9.84 Å². The third kappa shape index (κ3) is 4.62. The molecule has 6 nitrogen and oxygen atoms in total. The molecule has 0 amide bonds. The maximum atomic E-state index is 10.2. The molecular weight excluding hydrogens is 348 g/mol. The van der Waals surface area contributed by atoms with E-state index in [1.165, 1.54) is 17.3 Å². The minimum atomic E-state index is -0.620. The third-order valence-electron chi connectivity index (χ3n) is 3.90. The smallest absolute Gasteiger partial charge is 0.214 e. The van der Waals surface area contributed by atoms with E-state index < -0.39 is 6.10 Å². The van der Waals surface area contributed by atoms with Crippen molar-refractivity contribution in [2.75, 3.05) is 12.4 Å². The van der Waals surface area contributed by atoms with E-state index in [9.17, 15) is 5.11 Å². The molecule has 1 atom stereocenters. The van der Waals surface area contributed by atoms with E-state index in [4.69, 9.17) is 4.74 Å². The van der Waals surface area contributed by atoms with E-state index in [-0.39, 0.29) is 6.61 Å². The van der Waals surface area contributed by atoms with Crippen molar-refractivity contribution >= 4 is 11.8 Å². The summed E-state index contributed by atoms with van der Waals surface area (Å²) in [6, 6.07) is 13.9. The second-order valence-electron chi connectivity index (χ2n) is 6.25. The van der Waals surface area contributed by atoms with Gasteiger partial charge >= 0.3 is 0 Å². The summed E-state index contributed by atoms with van der Waals surface area (Å²) in [5.74, 6) is 1.19. The van der Waals surface area contributed by atoms with Crippen LogP contribution in [-0.2, 0) is 0 Å². The average molecular weight is 370 g/mol. The monoisotopic (exact) mass is 370 g/mol. The molecule has 0 bridgehead atoms. The van der Waals surface area contributed by atoms with Gasteiger partial charge in [-0.3, -0.25) is 0 Å². The standard InChI is InChI=1S/C19H22N4O2S/c1-13-5-8-17(9-6-13)25-11-16(24)12-26-19-20-21-22-23(19)18-10-14(2)4-7-15(18)3/h4-10,16,24H,11-12H2,1-3H3. The lowest BCUT2D eigenvalue weighted by molar-refractivity contribution is 0.126. The summed E-state index contributed by atoms with van der Waals surface area (Å²) >= 11 is 1.41. The SMILES string of the molecule is Cc1ccc(OCC(O)CSc2nnnn2-c2cc(C)ccc2C)cc1. The molecule has 0 spiro atoms. The van der Waals surface area contributed by atoms with Crippen LogP contribution in [0.4, 0.5) is 0 Å². The number of tetrazole rings is 1. The number of benzene rings is 2. The van der Waals surface area contributed by atoms with Crippen LogP contribution in [0.1, 0.15) is 16.7 Å². The Morgan fingerprint density at radius 1 is 1.08 bits per heavy atom. The number of nitrogens with zero attached hydrogens (tertiary/aromatic N) is 4. The number of hydrogen-bond donors (Lipinski definition) is 1. The molecule has 1 N–H and O–H groups in total. The number of aliphatic hydroxyl groups is 1. The fraction of sp³-hybridized carbons (Fsp3) is 0.316. The highest BCUT2D eigenvalue weighted by molar-refractivity contribution is 7.99. The van der Waals surface area contributed by atoms with E-state index >= 15 is 0 Å². The first-order valence-electron chi connectivity index (χ1n) is 8.39. The van der Waals surface area contributed by atoms with Gasteiger partial charge in [-0.2, -0.15) is 4.68 Å². The van der Waals surface area contributed by atoms with Gasteiger partial charge in [0.2, 0.25) is 5.16 Å². The Balaban J connectivity index is 1.59. The lowest BCUT2D eigenvalue weighted by atomic mass is 10.1. The molecule has 0 aliphatic rings. The Morgan fingerprint density at radius 3 is 2.58 bits per heavy atom. The van der Waals surface area contributed by atoms with Crippen LogP contribution < -0.4 is 4.74 Å². The van der Waals surface area contributed by atoms with Crippen LogP contribution in [0.2, 0.25) is 0 Å². The van der Waals surface area contributed by atoms with Crippen LogP contribution in [-0.4, -0.2) is 43.8 Å². The molecular formula is C19H22N4O2S. The molecule has 1 aromatic heterocycles. The second-order valence-corrected chi connectivity index (χ2v) is 7.24. The van der Waals surface area contributed by atoms with Crippen LogP contribution in [0.25, 0.3) is 5.69 Å². The minimum absolute atomic E-state index is 0.223. The fourth-order valence-electron chi connectivity index (χ4n) is 2.41. The summed E-state index contributed by atoms with van der Waals surface area (Å²) in [4.78, 5) is 0. The lowest BCUT2D eigenvalue weighted by Gasteiger charge is -2.12. The first-order valence-corrected chi connectivity index (χ1v) is 9.38. The Morgan fingerprint density at radius 2 is 1.81 bits per heavy atom. The number of ether oxygens (including phenoxy) is 1. The van der Waals surface area contributed by atoms with Gasteiger partial charge in [-0.25, -0.2) is 0 Å². The first-order chi connectivity index (χ1) is 12.5. The summed E-state index contributed by atoms with van der Waals surface area (Å²) in [5, 5.41) is 22.8. The molecule has 2 aromatic carbocycles. The number of hydrogen-bond acceptors (Lipinski definition) is 6. The van der Waals surface area contributed by atoms with Gasteiger partial charge in [0.15, 0.2) is 0 Å². The Kier molecular flexibility index (Phi) is 5.90. The Hall–Kier alpha value is -2.38. The van der Waals surface area contributed by atoms with Gasteiger partial charge in [-0.05, 0) is 60.5 Å². The molecule has 26 heavy (non-hydrogen) atoms. The first kappa shape index (κ1) is 18.4. The summed E-state index contributed by atoms with van der Waals surface area (Å²) < 4.78 is 7.33. The predicted molar refractivity (Wildman–Crippen MR) is 102 cm³/mol. The average Bonchev–Trinajstić information content (AvgIpc) is 3.10. The maximum Gasteiger partial charge on any atom is 0.214 e. The zero-order chi connectivity index (χ0) is 18.5. The molecule has 0 aliphatic heterocycles. The molecule has 0 aliphatic carbocycles. The highest BCUT2D eigenvalue weighted by Gasteiger charge is 2.14. The van der Waals surface area contributed by atoms with Crippen LogP contribution in [0.5, 0.6) is 5.75 Å². The number of rotatable bonds is 7. The normalized spacial score (nSPS) is 12.2. The minimum Gasteiger partial charge on any atom is -0.491 e. The topological polar surface area (TPSA) is 73.1 Å². The summed E-state index contributed by atoms with van der Waals surface area (Å²) in [7, 11) is 0. The van der Waals surface area contributed by atoms with Gasteiger partial charge in [-0.15, -0.1) is 5.10 Å². The number of aryl methyl sites for hydroxylation is 3. The van der Waals surface area contributed by atoms with Gasteiger partial charge in [0.05, 0.1) is 11.8 Å². The molecule has 1 unspecified atom stereocenters. The van der Waals surface area contributed by atoms with E-state index in [0.29, 0.717) is 10.9 Å². The van der Waals surface area contributed by atoms with Crippen molar-refractivity contribution in [2.45, 2.75) is 32.0 Å². The van der Waals surface area contributed by atoms with Crippen molar-refractivity contribution in [3.63, 3.8) is 0 Å². The number of aromatic nitrogens is 4. The van der Waals surface area contributed by atoms with Crippen LogP contribution in [0.15, 0.2) is 47.6 Å². The maximum absolute atomic E-state index is 10.2. The van der Waals surface area contributed by atoms with E-state index in [1.807, 2.05) is 57.2 Å². The van der Waals surface area contributed by atoms with Crippen LogP contribution in [0.3, 0.4) is 0 Å². The zero-order valence-corrected chi connectivity index (χ0v) is 15.9. The largest absolute Gasteiger partial charge is 0.491 e. The number of aliphatic hydroxyl groups excluding tert-OH is 1. The van der Waals surface area contributed by atoms with Crippen molar-refractivity contribution in [3.8, 4) is 11.4 Å².